The highest BCUT2D eigenvalue weighted by atomic mass is 16.5. The number of carboxylic acid groups (broad SMARTS) is 1. The van der Waals surface area contributed by atoms with E-state index in [4.69, 9.17) is 9.84 Å². The molecule has 2 saturated heterocycles. The smallest absolute Gasteiger partial charge is 0.335 e. The van der Waals surface area contributed by atoms with Gasteiger partial charge in [-0.1, -0.05) is 12.1 Å². The first-order valence-electron chi connectivity index (χ1n) is 9.67. The average Bonchev–Trinajstić information content (AvgIpc) is 3.07. The molecule has 2 aliphatic heterocycles. The Hall–Kier alpha value is -2.12. The van der Waals surface area contributed by atoms with Crippen molar-refractivity contribution in [2.24, 2.45) is 0 Å². The third-order valence-electron chi connectivity index (χ3n) is 5.25. The van der Waals surface area contributed by atoms with Crippen LogP contribution < -0.4 is 5.32 Å². The van der Waals surface area contributed by atoms with E-state index in [-0.39, 0.29) is 29.8 Å². The van der Waals surface area contributed by atoms with Gasteiger partial charge < -0.3 is 20.1 Å². The molecule has 7 heteroatoms. The largest absolute Gasteiger partial charge is 0.478 e. The second-order valence-electron chi connectivity index (χ2n) is 7.63. The van der Waals surface area contributed by atoms with Crippen molar-refractivity contribution in [1.82, 2.24) is 15.1 Å². The van der Waals surface area contributed by atoms with Gasteiger partial charge in [0.2, 0.25) is 0 Å². The summed E-state index contributed by atoms with van der Waals surface area (Å²) in [5.41, 5.74) is 1.14. The molecule has 1 aromatic rings. The maximum atomic E-state index is 12.7. The number of morpholine rings is 1. The fraction of sp³-hybridized carbons (Fsp3) is 0.600. The Kier molecular flexibility index (Phi) is 6.34. The van der Waals surface area contributed by atoms with Gasteiger partial charge in [-0.05, 0) is 44.4 Å². The molecule has 3 atom stereocenters. The molecular weight excluding hydrogens is 346 g/mol. The summed E-state index contributed by atoms with van der Waals surface area (Å²) in [6, 6.07) is 6.78. The molecule has 3 rings (SSSR count). The highest BCUT2D eigenvalue weighted by Gasteiger charge is 2.32. The van der Waals surface area contributed by atoms with Gasteiger partial charge in [-0.3, -0.25) is 4.90 Å². The lowest BCUT2D eigenvalue weighted by Crippen LogP contribution is -2.52. The molecule has 0 spiro atoms. The molecule has 0 aliphatic carbocycles. The molecule has 0 bridgehead atoms. The Morgan fingerprint density at radius 1 is 1.19 bits per heavy atom. The van der Waals surface area contributed by atoms with Gasteiger partial charge in [0.15, 0.2) is 0 Å². The van der Waals surface area contributed by atoms with E-state index in [9.17, 15) is 9.59 Å². The second-order valence-corrected chi connectivity index (χ2v) is 7.63. The number of nitrogens with one attached hydrogen (secondary N) is 1. The summed E-state index contributed by atoms with van der Waals surface area (Å²) in [7, 11) is 0. The van der Waals surface area contributed by atoms with Gasteiger partial charge in [-0.2, -0.15) is 0 Å². The number of ether oxygens (including phenoxy) is 1. The standard InChI is InChI=1S/C20H29N3O4/c1-14-11-22(12-15(2)27-14)13-18-4-3-9-23(18)20(26)21-10-16-5-7-17(8-6-16)19(24)25/h5-8,14-15,18H,3-4,9-13H2,1-2H3,(H,21,26)(H,24,25). The molecule has 0 aromatic heterocycles. The predicted octanol–water partition coefficient (Wildman–Crippen LogP) is 2.17. The molecule has 148 valence electrons. The number of nitrogens with zero attached hydrogens (tertiary/aromatic N) is 2. The number of aromatic carboxylic acids is 1. The van der Waals surface area contributed by atoms with Gasteiger partial charge in [-0.25, -0.2) is 9.59 Å². The van der Waals surface area contributed by atoms with Crippen molar-refractivity contribution in [3.05, 3.63) is 35.4 Å². The lowest BCUT2D eigenvalue weighted by Gasteiger charge is -2.38. The third kappa shape index (κ3) is 5.20. The van der Waals surface area contributed by atoms with Crippen molar-refractivity contribution in [2.45, 2.75) is 51.5 Å². The summed E-state index contributed by atoms with van der Waals surface area (Å²) in [5.74, 6) is -0.947. The van der Waals surface area contributed by atoms with Crippen molar-refractivity contribution in [3.8, 4) is 0 Å². The minimum Gasteiger partial charge on any atom is -0.478 e. The molecule has 1 aromatic carbocycles. The number of urea groups is 1. The summed E-state index contributed by atoms with van der Waals surface area (Å²) >= 11 is 0. The molecule has 2 fully saturated rings. The number of carbonyl (C=O) groups is 2. The summed E-state index contributed by atoms with van der Waals surface area (Å²) in [6.45, 7) is 8.07. The first kappa shape index (κ1) is 19.6. The van der Waals surface area contributed by atoms with E-state index in [0.717, 1.165) is 44.6 Å². The quantitative estimate of drug-likeness (QED) is 0.824. The number of rotatable bonds is 5. The van der Waals surface area contributed by atoms with Crippen molar-refractivity contribution in [3.63, 3.8) is 0 Å². The Bertz CT molecular complexity index is 654. The van der Waals surface area contributed by atoms with Crippen LogP contribution in [0.2, 0.25) is 0 Å². The van der Waals surface area contributed by atoms with Crippen LogP contribution in [-0.2, 0) is 11.3 Å². The van der Waals surface area contributed by atoms with E-state index in [1.54, 1.807) is 24.3 Å². The second kappa shape index (κ2) is 8.71. The molecule has 27 heavy (non-hydrogen) atoms. The van der Waals surface area contributed by atoms with Crippen LogP contribution in [0.5, 0.6) is 0 Å². The summed E-state index contributed by atoms with van der Waals surface area (Å²) in [4.78, 5) is 27.9. The van der Waals surface area contributed by atoms with Crippen LogP contribution in [0.4, 0.5) is 4.79 Å². The maximum Gasteiger partial charge on any atom is 0.335 e. The highest BCUT2D eigenvalue weighted by Crippen LogP contribution is 2.20. The SMILES string of the molecule is CC1CN(CC2CCCN2C(=O)NCc2ccc(C(=O)O)cc2)CC(C)O1. The van der Waals surface area contributed by atoms with Crippen LogP contribution >= 0.6 is 0 Å². The molecule has 3 unspecified atom stereocenters. The first-order valence-corrected chi connectivity index (χ1v) is 9.67. The summed E-state index contributed by atoms with van der Waals surface area (Å²) < 4.78 is 5.79. The van der Waals surface area contributed by atoms with E-state index in [1.165, 1.54) is 0 Å². The average molecular weight is 375 g/mol. The number of benzene rings is 1. The zero-order chi connectivity index (χ0) is 19.4. The van der Waals surface area contributed by atoms with Gasteiger partial charge in [0.1, 0.15) is 0 Å². The fourth-order valence-corrected chi connectivity index (χ4v) is 4.07. The Morgan fingerprint density at radius 2 is 1.85 bits per heavy atom. The minimum absolute atomic E-state index is 0.0471. The molecule has 0 saturated carbocycles. The summed E-state index contributed by atoms with van der Waals surface area (Å²) in [6.07, 6.45) is 2.51. The van der Waals surface area contributed by atoms with Gasteiger partial charge in [0, 0.05) is 38.8 Å². The Balaban J connectivity index is 1.51. The lowest BCUT2D eigenvalue weighted by atomic mass is 10.1. The zero-order valence-corrected chi connectivity index (χ0v) is 16.1. The number of carbonyl (C=O) groups excluding carboxylic acids is 1. The molecule has 2 amide bonds. The number of hydrogen-bond donors (Lipinski definition) is 2. The van der Waals surface area contributed by atoms with Crippen LogP contribution in [-0.4, -0.2) is 71.3 Å². The van der Waals surface area contributed by atoms with Crippen LogP contribution in [0.25, 0.3) is 0 Å². The lowest BCUT2D eigenvalue weighted by molar-refractivity contribution is -0.0713. The van der Waals surface area contributed by atoms with E-state index in [2.05, 4.69) is 24.1 Å². The zero-order valence-electron chi connectivity index (χ0n) is 16.1. The first-order chi connectivity index (χ1) is 12.9. The number of carboxylic acids is 1. The number of likely N-dealkylation sites (tertiary alicyclic amines) is 1. The van der Waals surface area contributed by atoms with Crippen LogP contribution in [0.15, 0.2) is 24.3 Å². The monoisotopic (exact) mass is 375 g/mol. The maximum absolute atomic E-state index is 12.7. The molecular formula is C20H29N3O4. The summed E-state index contributed by atoms with van der Waals surface area (Å²) in [5, 5.41) is 11.9. The van der Waals surface area contributed by atoms with E-state index in [0.29, 0.717) is 6.54 Å². The molecule has 0 radical (unpaired) electrons. The van der Waals surface area contributed by atoms with Crippen LogP contribution in [0.1, 0.15) is 42.6 Å². The van der Waals surface area contributed by atoms with Gasteiger partial charge >= 0.3 is 12.0 Å². The van der Waals surface area contributed by atoms with Crippen molar-refractivity contribution in [1.29, 1.82) is 0 Å². The Labute approximate surface area is 160 Å². The topological polar surface area (TPSA) is 82.1 Å². The molecule has 7 nitrogen and oxygen atoms in total. The predicted molar refractivity (Wildman–Crippen MR) is 102 cm³/mol. The third-order valence-corrected chi connectivity index (χ3v) is 5.25. The van der Waals surface area contributed by atoms with Crippen molar-refractivity contribution >= 4 is 12.0 Å². The highest BCUT2D eigenvalue weighted by molar-refractivity contribution is 5.87. The van der Waals surface area contributed by atoms with Gasteiger partial charge in [0.05, 0.1) is 17.8 Å². The van der Waals surface area contributed by atoms with Crippen molar-refractivity contribution in [2.75, 3.05) is 26.2 Å². The van der Waals surface area contributed by atoms with Crippen LogP contribution in [0.3, 0.4) is 0 Å². The van der Waals surface area contributed by atoms with Gasteiger partial charge in [0.25, 0.3) is 0 Å². The molecule has 2 heterocycles. The van der Waals surface area contributed by atoms with E-state index in [1.807, 2.05) is 4.90 Å². The van der Waals surface area contributed by atoms with Gasteiger partial charge in [-0.15, -0.1) is 0 Å². The van der Waals surface area contributed by atoms with E-state index < -0.39 is 5.97 Å². The molecule has 2 aliphatic rings. The molecule has 2 N–H and O–H groups in total. The van der Waals surface area contributed by atoms with E-state index >= 15 is 0 Å². The van der Waals surface area contributed by atoms with Crippen molar-refractivity contribution < 1.29 is 19.4 Å². The number of hydrogen-bond acceptors (Lipinski definition) is 4. The Morgan fingerprint density at radius 3 is 2.48 bits per heavy atom. The number of amides is 2. The minimum atomic E-state index is -0.947. The fourth-order valence-electron chi connectivity index (χ4n) is 4.07. The van der Waals surface area contributed by atoms with Crippen LogP contribution in [0, 0.1) is 0 Å². The normalized spacial score (nSPS) is 26.1.